The molecule has 0 radical (unpaired) electrons. The van der Waals surface area contributed by atoms with Crippen LogP contribution in [-0.2, 0) is 6.18 Å². The predicted molar refractivity (Wildman–Crippen MR) is 128 cm³/mol. The van der Waals surface area contributed by atoms with Crippen molar-refractivity contribution in [3.8, 4) is 0 Å². The largest absolute Gasteiger partial charge is 0.418 e. The van der Waals surface area contributed by atoms with E-state index in [1.165, 1.54) is 24.3 Å². The SMILES string of the molecule is CC(NC(=S)Nc1ccc(NC(=O)c2ccccc2F)c(C(F)(F)F)c1)c1ccc(Br)cc1. The van der Waals surface area contributed by atoms with Crippen LogP contribution in [0.25, 0.3) is 0 Å². The molecule has 0 bridgehead atoms. The molecule has 10 heteroatoms. The Morgan fingerprint density at radius 1 is 1.00 bits per heavy atom. The zero-order valence-electron chi connectivity index (χ0n) is 17.1. The molecular weight excluding hydrogens is 522 g/mol. The molecule has 0 aliphatic carbocycles. The molecule has 3 aromatic carbocycles. The highest BCUT2D eigenvalue weighted by Gasteiger charge is 2.34. The second-order valence-corrected chi connectivity index (χ2v) is 8.39. The minimum absolute atomic E-state index is 0.0757. The molecule has 3 aromatic rings. The van der Waals surface area contributed by atoms with Gasteiger partial charge in [0, 0.05) is 10.2 Å². The molecule has 3 N–H and O–H groups in total. The molecule has 0 aromatic heterocycles. The quantitative estimate of drug-likeness (QED) is 0.243. The number of carbonyl (C=O) groups excluding carboxylic acids is 1. The first-order valence-corrected chi connectivity index (χ1v) is 10.8. The molecule has 4 nitrogen and oxygen atoms in total. The van der Waals surface area contributed by atoms with E-state index in [1.807, 2.05) is 31.2 Å². The van der Waals surface area contributed by atoms with Crippen LogP contribution in [-0.4, -0.2) is 11.0 Å². The number of alkyl halides is 3. The second-order valence-electron chi connectivity index (χ2n) is 7.06. The van der Waals surface area contributed by atoms with Crippen LogP contribution in [0.15, 0.2) is 71.2 Å². The summed E-state index contributed by atoms with van der Waals surface area (Å²) < 4.78 is 55.7. The summed E-state index contributed by atoms with van der Waals surface area (Å²) in [6.45, 7) is 1.86. The molecule has 0 spiro atoms. The van der Waals surface area contributed by atoms with Crippen molar-refractivity contribution in [1.29, 1.82) is 0 Å². The molecule has 172 valence electrons. The average molecular weight is 540 g/mol. The molecule has 0 saturated carbocycles. The van der Waals surface area contributed by atoms with E-state index < -0.39 is 29.2 Å². The maximum Gasteiger partial charge on any atom is 0.418 e. The highest BCUT2D eigenvalue weighted by atomic mass is 79.9. The number of rotatable bonds is 5. The van der Waals surface area contributed by atoms with Crippen LogP contribution in [0.4, 0.5) is 28.9 Å². The van der Waals surface area contributed by atoms with Gasteiger partial charge in [-0.25, -0.2) is 4.39 Å². The van der Waals surface area contributed by atoms with Crippen molar-refractivity contribution in [2.24, 2.45) is 0 Å². The summed E-state index contributed by atoms with van der Waals surface area (Å²) >= 11 is 8.59. The van der Waals surface area contributed by atoms with Crippen LogP contribution < -0.4 is 16.0 Å². The lowest BCUT2D eigenvalue weighted by Gasteiger charge is -2.19. The molecule has 33 heavy (non-hydrogen) atoms. The molecule has 3 rings (SSSR count). The van der Waals surface area contributed by atoms with Crippen LogP contribution in [0.3, 0.4) is 0 Å². The topological polar surface area (TPSA) is 53.2 Å². The Hall–Kier alpha value is -2.98. The van der Waals surface area contributed by atoms with E-state index in [0.29, 0.717) is 0 Å². The Balaban J connectivity index is 1.76. The summed E-state index contributed by atoms with van der Waals surface area (Å²) in [5, 5.41) is 8.00. The number of thiocarbonyl (C=S) groups is 1. The van der Waals surface area contributed by atoms with Gasteiger partial charge in [0.05, 0.1) is 22.9 Å². The van der Waals surface area contributed by atoms with Gasteiger partial charge in [-0.15, -0.1) is 0 Å². The zero-order chi connectivity index (χ0) is 24.2. The summed E-state index contributed by atoms with van der Waals surface area (Å²) in [6, 6.07) is 15.6. The minimum Gasteiger partial charge on any atom is -0.356 e. The van der Waals surface area contributed by atoms with E-state index in [2.05, 4.69) is 31.9 Å². The Morgan fingerprint density at radius 3 is 2.30 bits per heavy atom. The van der Waals surface area contributed by atoms with Crippen molar-refractivity contribution in [2.75, 3.05) is 10.6 Å². The Kier molecular flexibility index (Phi) is 7.70. The fraction of sp³-hybridized carbons (Fsp3) is 0.130. The van der Waals surface area contributed by atoms with Gasteiger partial charge in [-0.2, -0.15) is 13.2 Å². The molecule has 0 aliphatic heterocycles. The van der Waals surface area contributed by atoms with Crippen molar-refractivity contribution in [1.82, 2.24) is 5.32 Å². The molecule has 1 unspecified atom stereocenters. The van der Waals surface area contributed by atoms with Gasteiger partial charge in [0.25, 0.3) is 5.91 Å². The highest BCUT2D eigenvalue weighted by molar-refractivity contribution is 9.10. The summed E-state index contributed by atoms with van der Waals surface area (Å²) in [5.41, 5.74) is -0.944. The predicted octanol–water partition coefficient (Wildman–Crippen LogP) is 6.91. The first-order valence-electron chi connectivity index (χ1n) is 9.64. The van der Waals surface area contributed by atoms with Crippen molar-refractivity contribution in [2.45, 2.75) is 19.1 Å². The van der Waals surface area contributed by atoms with E-state index in [9.17, 15) is 22.4 Å². The summed E-state index contributed by atoms with van der Waals surface area (Å²) in [4.78, 5) is 12.3. The zero-order valence-corrected chi connectivity index (χ0v) is 19.5. The van der Waals surface area contributed by atoms with Crippen molar-refractivity contribution >= 4 is 50.5 Å². The molecular formula is C23H18BrF4N3OS. The minimum atomic E-state index is -4.77. The lowest BCUT2D eigenvalue weighted by molar-refractivity contribution is -0.136. The van der Waals surface area contributed by atoms with E-state index in [-0.39, 0.29) is 22.4 Å². The summed E-state index contributed by atoms with van der Waals surface area (Å²) in [5.74, 6) is -1.82. The Morgan fingerprint density at radius 2 is 1.67 bits per heavy atom. The summed E-state index contributed by atoms with van der Waals surface area (Å²) in [6.07, 6.45) is -4.77. The molecule has 0 aliphatic rings. The molecule has 0 fully saturated rings. The van der Waals surface area contributed by atoms with E-state index in [0.717, 1.165) is 28.2 Å². The number of amides is 1. The number of hydrogen-bond donors (Lipinski definition) is 3. The Labute approximate surface area is 201 Å². The first-order chi connectivity index (χ1) is 15.5. The highest BCUT2D eigenvalue weighted by Crippen LogP contribution is 2.37. The normalized spacial score (nSPS) is 12.1. The van der Waals surface area contributed by atoms with Gasteiger partial charge in [-0.1, -0.05) is 40.2 Å². The van der Waals surface area contributed by atoms with Crippen LogP contribution in [0.5, 0.6) is 0 Å². The van der Waals surface area contributed by atoms with E-state index >= 15 is 0 Å². The van der Waals surface area contributed by atoms with Gasteiger partial charge in [-0.05, 0) is 67.2 Å². The number of nitrogens with one attached hydrogen (secondary N) is 3. The fourth-order valence-corrected chi connectivity index (χ4v) is 3.56. The third kappa shape index (κ3) is 6.52. The molecule has 0 saturated heterocycles. The number of benzene rings is 3. The third-order valence-corrected chi connectivity index (χ3v) is 5.42. The van der Waals surface area contributed by atoms with Gasteiger partial charge >= 0.3 is 6.18 Å². The van der Waals surface area contributed by atoms with Gasteiger partial charge in [0.2, 0.25) is 0 Å². The van der Waals surface area contributed by atoms with Gasteiger partial charge in [0.1, 0.15) is 5.82 Å². The average Bonchev–Trinajstić information content (AvgIpc) is 2.74. The number of carbonyl (C=O) groups is 1. The van der Waals surface area contributed by atoms with Gasteiger partial charge in [0.15, 0.2) is 5.11 Å². The van der Waals surface area contributed by atoms with Crippen molar-refractivity contribution in [3.63, 3.8) is 0 Å². The van der Waals surface area contributed by atoms with Crippen LogP contribution >= 0.6 is 28.1 Å². The second kappa shape index (κ2) is 10.3. The van der Waals surface area contributed by atoms with Gasteiger partial charge in [-0.3, -0.25) is 4.79 Å². The lowest BCUT2D eigenvalue weighted by atomic mass is 10.1. The van der Waals surface area contributed by atoms with Crippen molar-refractivity contribution in [3.05, 3.63) is 93.7 Å². The number of hydrogen-bond acceptors (Lipinski definition) is 2. The maximum atomic E-state index is 13.8. The smallest absolute Gasteiger partial charge is 0.356 e. The third-order valence-electron chi connectivity index (χ3n) is 4.67. The number of anilines is 2. The first kappa shape index (κ1) is 24.7. The maximum absolute atomic E-state index is 13.8. The summed E-state index contributed by atoms with van der Waals surface area (Å²) in [7, 11) is 0. The molecule has 1 atom stereocenters. The molecule has 1 amide bonds. The van der Waals surface area contributed by atoms with E-state index in [1.54, 1.807) is 0 Å². The van der Waals surface area contributed by atoms with Crippen molar-refractivity contribution < 1.29 is 22.4 Å². The monoisotopic (exact) mass is 539 g/mol. The van der Waals surface area contributed by atoms with Crippen LogP contribution in [0.2, 0.25) is 0 Å². The standard InChI is InChI=1S/C23H18BrF4N3OS/c1-13(14-6-8-15(24)9-7-14)29-22(33)30-16-10-11-20(18(12-16)23(26,27)28)31-21(32)17-4-2-3-5-19(17)25/h2-13H,1H3,(H,31,32)(H2,29,30,33). The number of halogens is 5. The lowest BCUT2D eigenvalue weighted by Crippen LogP contribution is -2.31. The van der Waals surface area contributed by atoms with Crippen LogP contribution in [0.1, 0.15) is 34.5 Å². The molecule has 0 heterocycles. The van der Waals surface area contributed by atoms with E-state index in [4.69, 9.17) is 12.2 Å². The Bertz CT molecular complexity index is 1170. The fourth-order valence-electron chi connectivity index (χ4n) is 3.00. The van der Waals surface area contributed by atoms with Crippen LogP contribution in [0, 0.1) is 5.82 Å². The van der Waals surface area contributed by atoms with Gasteiger partial charge < -0.3 is 16.0 Å².